The van der Waals surface area contributed by atoms with E-state index in [-0.39, 0.29) is 16.3 Å². The topological polar surface area (TPSA) is 27.7 Å². The molecule has 3 nitrogen and oxygen atoms in total. The normalized spacial score (nSPS) is 14.5. The van der Waals surface area contributed by atoms with E-state index in [2.05, 4.69) is 93.6 Å². The van der Waals surface area contributed by atoms with E-state index < -0.39 is 0 Å². The van der Waals surface area contributed by atoms with Crippen molar-refractivity contribution in [2.75, 3.05) is 19.8 Å². The summed E-state index contributed by atoms with van der Waals surface area (Å²) < 4.78 is 18.4. The van der Waals surface area contributed by atoms with Crippen LogP contribution in [0, 0.1) is 0 Å². The van der Waals surface area contributed by atoms with E-state index >= 15 is 0 Å². The van der Waals surface area contributed by atoms with Gasteiger partial charge in [0.2, 0.25) is 0 Å². The maximum Gasteiger partial charge on any atom is 0.0814 e. The van der Waals surface area contributed by atoms with Crippen molar-refractivity contribution in [2.24, 2.45) is 0 Å². The summed E-state index contributed by atoms with van der Waals surface area (Å²) in [7, 11) is -0.361. The molecule has 3 aromatic carbocycles. The molecular formula is C30H42BO3P. The Kier molecular flexibility index (Phi) is 13.9. The van der Waals surface area contributed by atoms with E-state index in [1.54, 1.807) is 0 Å². The molecule has 3 unspecified atom stereocenters. The van der Waals surface area contributed by atoms with Gasteiger partial charge in [-0.05, 0) is 16.7 Å². The maximum atomic E-state index is 6.14. The highest BCUT2D eigenvalue weighted by Crippen LogP contribution is 2.51. The molecule has 0 N–H and O–H groups in total. The van der Waals surface area contributed by atoms with Crippen LogP contribution in [-0.4, -0.2) is 45.2 Å². The Morgan fingerprint density at radius 3 is 1.00 bits per heavy atom. The molecule has 0 heterocycles. The van der Waals surface area contributed by atoms with Crippen molar-refractivity contribution in [3.05, 3.63) is 108 Å². The van der Waals surface area contributed by atoms with Crippen molar-refractivity contribution < 1.29 is 14.2 Å². The van der Waals surface area contributed by atoms with Gasteiger partial charge in [0.25, 0.3) is 0 Å². The van der Waals surface area contributed by atoms with Gasteiger partial charge in [-0.2, -0.15) is 0 Å². The van der Waals surface area contributed by atoms with Crippen LogP contribution in [0.4, 0.5) is 0 Å². The number of ether oxygens (including phenoxy) is 3. The second-order valence-corrected chi connectivity index (χ2v) is 12.5. The van der Waals surface area contributed by atoms with Crippen LogP contribution in [0.1, 0.15) is 37.5 Å². The number of rotatable bonds is 15. The molecule has 0 radical (unpaired) electrons. The lowest BCUT2D eigenvalue weighted by molar-refractivity contribution is 0.113. The lowest BCUT2D eigenvalue weighted by Gasteiger charge is -2.35. The molecule has 35 heavy (non-hydrogen) atoms. The molecule has 188 valence electrons. The van der Waals surface area contributed by atoms with Gasteiger partial charge in [-0.15, -0.1) is 0 Å². The van der Waals surface area contributed by atoms with Gasteiger partial charge in [0.05, 0.1) is 48.1 Å². The van der Waals surface area contributed by atoms with Crippen molar-refractivity contribution in [2.45, 2.75) is 57.6 Å². The summed E-state index contributed by atoms with van der Waals surface area (Å²) in [6.45, 7) is 11.2. The largest absolute Gasteiger partial charge is 0.376 e. The van der Waals surface area contributed by atoms with Crippen molar-refractivity contribution >= 4 is 16.3 Å². The van der Waals surface area contributed by atoms with Gasteiger partial charge < -0.3 is 14.2 Å². The van der Waals surface area contributed by atoms with Crippen molar-refractivity contribution in [3.63, 3.8) is 0 Å². The van der Waals surface area contributed by atoms with E-state index in [0.717, 1.165) is 19.8 Å². The quantitative estimate of drug-likeness (QED) is 0.190. The lowest BCUT2D eigenvalue weighted by Crippen LogP contribution is -2.27. The molecule has 0 fully saturated rings. The summed E-state index contributed by atoms with van der Waals surface area (Å²) in [6.07, 6.45) is 0. The Morgan fingerprint density at radius 2 is 0.743 bits per heavy atom. The predicted molar refractivity (Wildman–Crippen MR) is 154 cm³/mol. The highest BCUT2D eigenvalue weighted by atomic mass is 31.1. The van der Waals surface area contributed by atoms with Crippen LogP contribution in [-0.2, 0) is 34.0 Å². The molecule has 3 rings (SSSR count). The molecule has 0 saturated heterocycles. The van der Waals surface area contributed by atoms with Gasteiger partial charge in [0, 0.05) is 17.0 Å². The highest BCUT2D eigenvalue weighted by Gasteiger charge is 2.29. The second-order valence-electron chi connectivity index (χ2n) is 9.00. The zero-order valence-electron chi connectivity index (χ0n) is 20.8. The first-order valence-corrected chi connectivity index (χ1v) is 13.8. The molecule has 0 saturated carbocycles. The lowest BCUT2D eigenvalue weighted by atomic mass is 10.2. The SMILES string of the molecule is B.CC(COCc1ccccc1)P(C(C)COCc1ccccc1)C(C)COCc1ccccc1. The minimum absolute atomic E-state index is 0. The molecule has 0 aliphatic heterocycles. The molecule has 0 spiro atoms. The fourth-order valence-electron chi connectivity index (χ4n) is 4.33. The number of hydrogen-bond donors (Lipinski definition) is 0. The van der Waals surface area contributed by atoms with Crippen LogP contribution in [0.25, 0.3) is 0 Å². The smallest absolute Gasteiger partial charge is 0.0814 e. The third-order valence-electron chi connectivity index (χ3n) is 5.94. The van der Waals surface area contributed by atoms with Crippen molar-refractivity contribution in [1.82, 2.24) is 0 Å². The standard InChI is InChI=1S/C30H39O3P.BH3/c1-25(19-31-22-28-13-7-4-8-14-28)34(26(2)20-32-23-29-15-9-5-10-16-29)27(3)21-33-24-30-17-11-6-12-18-30;/h4-18,25-27H,19-24H2,1-3H3;1H3. The predicted octanol–water partition coefficient (Wildman–Crippen LogP) is 6.10. The summed E-state index contributed by atoms with van der Waals surface area (Å²) in [5.74, 6) is 0. The molecule has 5 heteroatoms. The minimum atomic E-state index is -0.361. The molecule has 0 aliphatic rings. The summed E-state index contributed by atoms with van der Waals surface area (Å²) in [5.41, 5.74) is 5.05. The van der Waals surface area contributed by atoms with E-state index in [1.807, 2.05) is 18.2 Å². The van der Waals surface area contributed by atoms with Gasteiger partial charge in [-0.25, -0.2) is 0 Å². The summed E-state index contributed by atoms with van der Waals surface area (Å²) in [5, 5.41) is 0. The Labute approximate surface area is 215 Å². The summed E-state index contributed by atoms with van der Waals surface area (Å²) in [6, 6.07) is 31.2. The third kappa shape index (κ3) is 10.7. The average Bonchev–Trinajstić information content (AvgIpc) is 2.86. The molecular weight excluding hydrogens is 450 g/mol. The molecule has 0 aliphatic carbocycles. The fourth-order valence-corrected chi connectivity index (χ4v) is 7.77. The van der Waals surface area contributed by atoms with Gasteiger partial charge >= 0.3 is 0 Å². The minimum Gasteiger partial charge on any atom is -0.376 e. The van der Waals surface area contributed by atoms with Gasteiger partial charge in [-0.1, -0.05) is 120 Å². The molecule has 3 atom stereocenters. The van der Waals surface area contributed by atoms with E-state index in [9.17, 15) is 0 Å². The Balaban J connectivity index is 0.00000432. The first kappa shape index (κ1) is 29.3. The van der Waals surface area contributed by atoms with Crippen molar-refractivity contribution in [1.29, 1.82) is 0 Å². The Hall–Kier alpha value is -1.97. The van der Waals surface area contributed by atoms with Crippen LogP contribution in [0.15, 0.2) is 91.0 Å². The highest BCUT2D eigenvalue weighted by molar-refractivity contribution is 7.59. The third-order valence-corrected chi connectivity index (χ3v) is 9.44. The number of benzene rings is 3. The molecule has 0 bridgehead atoms. The molecule has 3 aromatic rings. The zero-order chi connectivity index (χ0) is 24.0. The van der Waals surface area contributed by atoms with Gasteiger partial charge in [0.15, 0.2) is 0 Å². The first-order chi connectivity index (χ1) is 16.6. The van der Waals surface area contributed by atoms with Crippen molar-refractivity contribution in [3.8, 4) is 0 Å². The van der Waals surface area contributed by atoms with E-state index in [4.69, 9.17) is 14.2 Å². The Bertz CT molecular complexity index is 788. The van der Waals surface area contributed by atoms with Gasteiger partial charge in [-0.3, -0.25) is 0 Å². The van der Waals surface area contributed by atoms with Crippen LogP contribution in [0.3, 0.4) is 0 Å². The molecule has 0 amide bonds. The second kappa shape index (κ2) is 16.7. The first-order valence-electron chi connectivity index (χ1n) is 12.3. The van der Waals surface area contributed by atoms with Gasteiger partial charge in [0.1, 0.15) is 0 Å². The maximum absolute atomic E-state index is 6.14. The summed E-state index contributed by atoms with van der Waals surface area (Å²) >= 11 is 0. The number of hydrogen-bond acceptors (Lipinski definition) is 3. The van der Waals surface area contributed by atoms with Crippen LogP contribution in [0.5, 0.6) is 0 Å². The van der Waals surface area contributed by atoms with E-state index in [0.29, 0.717) is 36.8 Å². The average molecular weight is 492 g/mol. The fraction of sp³-hybridized carbons (Fsp3) is 0.400. The van der Waals surface area contributed by atoms with Crippen LogP contribution >= 0.6 is 7.92 Å². The van der Waals surface area contributed by atoms with Crippen LogP contribution in [0.2, 0.25) is 0 Å². The zero-order valence-corrected chi connectivity index (χ0v) is 21.7. The monoisotopic (exact) mass is 492 g/mol. The summed E-state index contributed by atoms with van der Waals surface area (Å²) in [4.78, 5) is 0. The van der Waals surface area contributed by atoms with Crippen LogP contribution < -0.4 is 0 Å². The molecule has 0 aromatic heterocycles. The van der Waals surface area contributed by atoms with E-state index in [1.165, 1.54) is 16.7 Å². The Morgan fingerprint density at radius 1 is 0.486 bits per heavy atom.